The highest BCUT2D eigenvalue weighted by Crippen LogP contribution is 2.25. The highest BCUT2D eigenvalue weighted by Gasteiger charge is 2.10. The fraction of sp³-hybridized carbons (Fsp3) is 0.357. The summed E-state index contributed by atoms with van der Waals surface area (Å²) >= 11 is 12.0. The monoisotopic (exact) mass is 315 g/mol. The van der Waals surface area contributed by atoms with Crippen molar-refractivity contribution in [2.45, 2.75) is 32.7 Å². The zero-order valence-electron chi connectivity index (χ0n) is 11.1. The van der Waals surface area contributed by atoms with E-state index in [1.54, 1.807) is 12.1 Å². The molecule has 3 nitrogen and oxygen atoms in total. The predicted molar refractivity (Wildman–Crippen MR) is 80.9 cm³/mol. The van der Waals surface area contributed by atoms with E-state index in [2.05, 4.69) is 22.2 Å². The van der Waals surface area contributed by atoms with Crippen LogP contribution in [0.5, 0.6) is 0 Å². The number of hydrogen-bond acceptors (Lipinski definition) is 2. The van der Waals surface area contributed by atoms with Crippen LogP contribution in [-0.2, 0) is 13.0 Å². The molecule has 2 N–H and O–H groups in total. The Labute approximate surface area is 127 Å². The average Bonchev–Trinajstić information content (AvgIpc) is 2.76. The molecule has 1 aromatic heterocycles. The van der Waals surface area contributed by atoms with Gasteiger partial charge in [-0.25, -0.2) is 9.37 Å². The van der Waals surface area contributed by atoms with Gasteiger partial charge in [0.15, 0.2) is 5.15 Å². The third-order valence-corrected chi connectivity index (χ3v) is 3.58. The number of aromatic amines is 1. The fourth-order valence-electron chi connectivity index (χ4n) is 1.86. The summed E-state index contributed by atoms with van der Waals surface area (Å²) in [4.78, 5) is 7.40. The van der Waals surface area contributed by atoms with Crippen molar-refractivity contribution >= 4 is 28.9 Å². The number of halogens is 3. The summed E-state index contributed by atoms with van der Waals surface area (Å²) in [7, 11) is 0. The van der Waals surface area contributed by atoms with E-state index < -0.39 is 0 Å². The smallest absolute Gasteiger partial charge is 0.152 e. The van der Waals surface area contributed by atoms with E-state index in [0.29, 0.717) is 16.7 Å². The molecule has 0 atom stereocenters. The van der Waals surface area contributed by atoms with Gasteiger partial charge in [-0.3, -0.25) is 0 Å². The molecule has 108 valence electrons. The molecule has 0 aliphatic rings. The number of nitrogens with one attached hydrogen (secondary N) is 2. The summed E-state index contributed by atoms with van der Waals surface area (Å²) in [5.41, 5.74) is 1.01. The van der Waals surface area contributed by atoms with Crippen LogP contribution in [0.15, 0.2) is 18.2 Å². The molecule has 0 spiro atoms. The van der Waals surface area contributed by atoms with E-state index in [1.807, 2.05) is 0 Å². The van der Waals surface area contributed by atoms with Crippen molar-refractivity contribution in [2.24, 2.45) is 0 Å². The lowest BCUT2D eigenvalue weighted by Gasteiger charge is -2.08. The fourth-order valence-corrected chi connectivity index (χ4v) is 2.31. The van der Waals surface area contributed by atoms with Crippen LogP contribution in [0, 0.1) is 5.82 Å². The molecule has 0 unspecified atom stereocenters. The maximum absolute atomic E-state index is 13.6. The zero-order chi connectivity index (χ0) is 14.5. The minimum Gasteiger partial charge on any atom is -0.376 e. The molecule has 0 aliphatic carbocycles. The maximum Gasteiger partial charge on any atom is 0.152 e. The van der Waals surface area contributed by atoms with Gasteiger partial charge in [0, 0.05) is 6.42 Å². The molecule has 0 radical (unpaired) electrons. The Kier molecular flexibility index (Phi) is 5.26. The van der Waals surface area contributed by atoms with E-state index in [1.165, 1.54) is 6.07 Å². The lowest BCUT2D eigenvalue weighted by Crippen LogP contribution is -2.03. The van der Waals surface area contributed by atoms with Crippen molar-refractivity contribution in [1.29, 1.82) is 0 Å². The standard InChI is InChI=1S/C14H16Cl2FN3/c1-2-3-7-12-19-11(14(16)20-12)8-18-13-9(15)5-4-6-10(13)17/h4-6,18H,2-3,7-8H2,1H3,(H,19,20). The van der Waals surface area contributed by atoms with Gasteiger partial charge in [0.2, 0.25) is 0 Å². The highest BCUT2D eigenvalue weighted by atomic mass is 35.5. The second kappa shape index (κ2) is 6.95. The van der Waals surface area contributed by atoms with Gasteiger partial charge in [-0.2, -0.15) is 0 Å². The lowest BCUT2D eigenvalue weighted by atomic mass is 10.2. The number of rotatable bonds is 6. The number of para-hydroxylation sites is 1. The summed E-state index contributed by atoms with van der Waals surface area (Å²) < 4.78 is 13.6. The Balaban J connectivity index is 2.05. The molecule has 20 heavy (non-hydrogen) atoms. The van der Waals surface area contributed by atoms with Crippen LogP contribution < -0.4 is 5.32 Å². The molecule has 0 saturated carbocycles. The normalized spacial score (nSPS) is 10.8. The van der Waals surface area contributed by atoms with Gasteiger partial charge in [0.05, 0.1) is 22.9 Å². The third kappa shape index (κ3) is 3.64. The Morgan fingerprint density at radius 2 is 2.15 bits per heavy atom. The van der Waals surface area contributed by atoms with Crippen LogP contribution in [0.25, 0.3) is 0 Å². The highest BCUT2D eigenvalue weighted by molar-refractivity contribution is 6.33. The molecule has 1 aromatic carbocycles. The van der Waals surface area contributed by atoms with Gasteiger partial charge in [-0.15, -0.1) is 0 Å². The van der Waals surface area contributed by atoms with Crippen molar-refractivity contribution < 1.29 is 4.39 Å². The summed E-state index contributed by atoms with van der Waals surface area (Å²) in [5, 5.41) is 3.70. The van der Waals surface area contributed by atoms with E-state index in [-0.39, 0.29) is 11.5 Å². The average molecular weight is 316 g/mol. The molecule has 0 amide bonds. The quantitative estimate of drug-likeness (QED) is 0.803. The minimum absolute atomic E-state index is 0.273. The van der Waals surface area contributed by atoms with Crippen molar-refractivity contribution in [3.63, 3.8) is 0 Å². The van der Waals surface area contributed by atoms with E-state index in [0.717, 1.165) is 30.8 Å². The Morgan fingerprint density at radius 3 is 2.85 bits per heavy atom. The molecule has 1 heterocycles. The first-order chi connectivity index (χ1) is 9.61. The number of anilines is 1. The van der Waals surface area contributed by atoms with Gasteiger partial charge >= 0.3 is 0 Å². The third-order valence-electron chi connectivity index (χ3n) is 2.95. The second-order valence-electron chi connectivity index (χ2n) is 4.51. The second-order valence-corrected chi connectivity index (χ2v) is 5.27. The van der Waals surface area contributed by atoms with E-state index >= 15 is 0 Å². The summed E-state index contributed by atoms with van der Waals surface area (Å²) in [6.45, 7) is 2.46. The van der Waals surface area contributed by atoms with E-state index in [9.17, 15) is 4.39 Å². The number of unbranched alkanes of at least 4 members (excludes halogenated alkanes) is 1. The maximum atomic E-state index is 13.6. The van der Waals surface area contributed by atoms with Gasteiger partial charge in [-0.1, -0.05) is 42.6 Å². The van der Waals surface area contributed by atoms with Gasteiger partial charge in [0.25, 0.3) is 0 Å². The predicted octanol–water partition coefficient (Wildman–Crippen LogP) is 4.81. The van der Waals surface area contributed by atoms with Crippen LogP contribution >= 0.6 is 23.2 Å². The molecule has 0 fully saturated rings. The Morgan fingerprint density at radius 1 is 1.35 bits per heavy atom. The number of aromatic nitrogens is 2. The lowest BCUT2D eigenvalue weighted by molar-refractivity contribution is 0.630. The Hall–Kier alpha value is -1.26. The number of aryl methyl sites for hydroxylation is 1. The van der Waals surface area contributed by atoms with Crippen molar-refractivity contribution in [1.82, 2.24) is 9.97 Å². The summed E-state index contributed by atoms with van der Waals surface area (Å²) in [6, 6.07) is 4.55. The molecule has 2 aromatic rings. The molecule has 2 rings (SSSR count). The molecule has 6 heteroatoms. The molecular formula is C14H16Cl2FN3. The van der Waals surface area contributed by atoms with Crippen LogP contribution in [-0.4, -0.2) is 9.97 Å². The van der Waals surface area contributed by atoms with E-state index in [4.69, 9.17) is 23.2 Å². The molecule has 0 aliphatic heterocycles. The number of nitrogens with zero attached hydrogens (tertiary/aromatic N) is 1. The van der Waals surface area contributed by atoms with Crippen molar-refractivity contribution in [3.05, 3.63) is 45.7 Å². The minimum atomic E-state index is -0.389. The number of imidazole rings is 1. The van der Waals surface area contributed by atoms with Gasteiger partial charge in [-0.05, 0) is 18.6 Å². The van der Waals surface area contributed by atoms with Crippen molar-refractivity contribution in [3.8, 4) is 0 Å². The van der Waals surface area contributed by atoms with Crippen molar-refractivity contribution in [2.75, 3.05) is 5.32 Å². The molecule has 0 bridgehead atoms. The SMILES string of the molecule is CCCCc1nc(Cl)c(CNc2c(F)cccc2Cl)[nH]1. The molecular weight excluding hydrogens is 300 g/mol. The van der Waals surface area contributed by atoms with Crippen LogP contribution in [0.3, 0.4) is 0 Å². The summed E-state index contributed by atoms with van der Waals surface area (Å²) in [6.07, 6.45) is 3.00. The number of benzene rings is 1. The first-order valence-electron chi connectivity index (χ1n) is 6.53. The summed E-state index contributed by atoms with van der Waals surface area (Å²) in [5.74, 6) is 0.465. The molecule has 0 saturated heterocycles. The van der Waals surface area contributed by atoms with Gasteiger partial charge in [0.1, 0.15) is 11.6 Å². The topological polar surface area (TPSA) is 40.7 Å². The number of hydrogen-bond donors (Lipinski definition) is 2. The first kappa shape index (κ1) is 15.1. The van der Waals surface area contributed by atoms with Gasteiger partial charge < -0.3 is 10.3 Å². The van der Waals surface area contributed by atoms with Crippen LogP contribution in [0.2, 0.25) is 10.2 Å². The first-order valence-corrected chi connectivity index (χ1v) is 7.28. The van der Waals surface area contributed by atoms with Crippen LogP contribution in [0.1, 0.15) is 31.3 Å². The number of H-pyrrole nitrogens is 1. The zero-order valence-corrected chi connectivity index (χ0v) is 12.7. The van der Waals surface area contributed by atoms with Crippen LogP contribution in [0.4, 0.5) is 10.1 Å². The largest absolute Gasteiger partial charge is 0.376 e. The Bertz CT molecular complexity index is 564.